The van der Waals surface area contributed by atoms with Gasteiger partial charge in [-0.05, 0) is 77.3 Å². The number of para-hydroxylation sites is 1. The molecule has 2 aromatic rings. The summed E-state index contributed by atoms with van der Waals surface area (Å²) < 4.78 is 15.4. The molecule has 3 atom stereocenters. The standard InChI is InChI=1S/C23H19Br2IO3/c1-23(2)18(14-20(24)25)21(23)22(27)29-19(11-12-26)15-7-6-10-17(13-15)28-16-8-4-3-5-9-16/h3-10,13-14,18-19,21H,1-2H3/t18-,19+,21-/m0/s1. The Hall–Kier alpha value is -1.30. The summed E-state index contributed by atoms with van der Waals surface area (Å²) in [5, 5.41) is 0. The number of benzene rings is 2. The Kier molecular flexibility index (Phi) is 7.47. The minimum Gasteiger partial charge on any atom is -0.457 e. The van der Waals surface area contributed by atoms with Gasteiger partial charge in [0.15, 0.2) is 6.10 Å². The van der Waals surface area contributed by atoms with Crippen LogP contribution in [0.4, 0.5) is 0 Å². The highest BCUT2D eigenvalue weighted by Gasteiger charge is 2.61. The summed E-state index contributed by atoms with van der Waals surface area (Å²) in [6.07, 6.45) is 1.35. The summed E-state index contributed by atoms with van der Waals surface area (Å²) in [5.74, 6) is 4.08. The second kappa shape index (κ2) is 9.67. The Labute approximate surface area is 201 Å². The van der Waals surface area contributed by atoms with E-state index in [0.29, 0.717) is 5.75 Å². The van der Waals surface area contributed by atoms with Crippen molar-refractivity contribution in [2.24, 2.45) is 17.3 Å². The lowest BCUT2D eigenvalue weighted by molar-refractivity contribution is -0.149. The van der Waals surface area contributed by atoms with Crippen LogP contribution in [0.1, 0.15) is 25.5 Å². The summed E-state index contributed by atoms with van der Waals surface area (Å²) in [6.45, 7) is 4.13. The number of carbonyl (C=O) groups is 1. The highest BCUT2D eigenvalue weighted by atomic mass is 127. The summed E-state index contributed by atoms with van der Waals surface area (Å²) in [5.41, 5.74) is 0.632. The van der Waals surface area contributed by atoms with Gasteiger partial charge in [0.2, 0.25) is 0 Å². The first-order valence-corrected chi connectivity index (χ1v) is 11.7. The number of allylic oxidation sites excluding steroid dienone is 1. The van der Waals surface area contributed by atoms with Gasteiger partial charge in [0.25, 0.3) is 0 Å². The molecule has 1 saturated carbocycles. The Morgan fingerprint density at radius 2 is 1.83 bits per heavy atom. The third-order valence-corrected chi connectivity index (χ3v) is 5.87. The van der Waals surface area contributed by atoms with Crippen LogP contribution in [0.3, 0.4) is 0 Å². The van der Waals surface area contributed by atoms with Crippen molar-refractivity contribution in [1.29, 1.82) is 0 Å². The molecular formula is C23H19Br2IO3. The molecule has 0 aliphatic heterocycles. The molecule has 0 saturated heterocycles. The van der Waals surface area contributed by atoms with E-state index in [1.54, 1.807) is 0 Å². The average Bonchev–Trinajstić information content (AvgIpc) is 3.21. The largest absolute Gasteiger partial charge is 0.457 e. The van der Waals surface area contributed by atoms with Gasteiger partial charge in [-0.15, -0.1) is 0 Å². The average molecular weight is 630 g/mol. The van der Waals surface area contributed by atoms with Crippen molar-refractivity contribution in [2.75, 3.05) is 0 Å². The van der Waals surface area contributed by atoms with E-state index in [1.165, 1.54) is 0 Å². The third kappa shape index (κ3) is 5.65. The van der Waals surface area contributed by atoms with Gasteiger partial charge in [-0.25, -0.2) is 0 Å². The fourth-order valence-electron chi connectivity index (χ4n) is 3.36. The molecule has 0 radical (unpaired) electrons. The maximum Gasteiger partial charge on any atom is 0.311 e. The maximum absolute atomic E-state index is 12.9. The Morgan fingerprint density at radius 3 is 2.48 bits per heavy atom. The van der Waals surface area contributed by atoms with E-state index in [0.717, 1.165) is 14.7 Å². The Morgan fingerprint density at radius 1 is 1.14 bits per heavy atom. The molecule has 0 aromatic heterocycles. The van der Waals surface area contributed by atoms with E-state index in [4.69, 9.17) is 9.47 Å². The summed E-state index contributed by atoms with van der Waals surface area (Å²) in [6, 6.07) is 17.0. The van der Waals surface area contributed by atoms with Crippen LogP contribution >= 0.6 is 54.5 Å². The predicted octanol–water partition coefficient (Wildman–Crippen LogP) is 7.36. The first-order chi connectivity index (χ1) is 13.8. The van der Waals surface area contributed by atoms with Crippen LogP contribution in [0.25, 0.3) is 0 Å². The molecule has 6 heteroatoms. The topological polar surface area (TPSA) is 35.5 Å². The minimum absolute atomic E-state index is 0.115. The van der Waals surface area contributed by atoms with E-state index in [9.17, 15) is 4.79 Å². The molecule has 3 nitrogen and oxygen atoms in total. The van der Waals surface area contributed by atoms with Crippen LogP contribution in [0.2, 0.25) is 0 Å². The monoisotopic (exact) mass is 628 g/mol. The van der Waals surface area contributed by atoms with Gasteiger partial charge in [-0.1, -0.05) is 50.3 Å². The minimum atomic E-state index is -0.646. The van der Waals surface area contributed by atoms with Gasteiger partial charge in [0, 0.05) is 28.2 Å². The number of ether oxygens (including phenoxy) is 2. The molecule has 1 fully saturated rings. The van der Waals surface area contributed by atoms with Gasteiger partial charge >= 0.3 is 5.97 Å². The molecule has 1 aliphatic carbocycles. The lowest BCUT2D eigenvalue weighted by atomic mass is 10.1. The molecule has 3 rings (SSSR count). The van der Waals surface area contributed by atoms with Crippen LogP contribution in [0.15, 0.2) is 64.1 Å². The zero-order valence-corrected chi connectivity index (χ0v) is 21.2. The Balaban J connectivity index is 1.76. The lowest BCUT2D eigenvalue weighted by Crippen LogP contribution is -2.14. The van der Waals surface area contributed by atoms with Crippen LogP contribution in [0, 0.1) is 27.1 Å². The van der Waals surface area contributed by atoms with Crippen molar-refractivity contribution < 1.29 is 14.3 Å². The molecule has 29 heavy (non-hydrogen) atoms. The predicted molar refractivity (Wildman–Crippen MR) is 130 cm³/mol. The third-order valence-electron chi connectivity index (χ3n) is 5.03. The van der Waals surface area contributed by atoms with E-state index < -0.39 is 6.10 Å². The van der Waals surface area contributed by atoms with Gasteiger partial charge in [-0.2, -0.15) is 0 Å². The van der Waals surface area contributed by atoms with E-state index in [-0.39, 0.29) is 23.2 Å². The van der Waals surface area contributed by atoms with Crippen molar-refractivity contribution in [2.45, 2.75) is 20.0 Å². The zero-order chi connectivity index (χ0) is 21.0. The fourth-order valence-corrected chi connectivity index (χ4v) is 4.21. The van der Waals surface area contributed by atoms with Crippen LogP contribution in [-0.2, 0) is 9.53 Å². The first kappa shape index (κ1) is 22.4. The van der Waals surface area contributed by atoms with Crippen molar-refractivity contribution in [1.82, 2.24) is 0 Å². The Bertz CT molecular complexity index is 972. The summed E-state index contributed by atoms with van der Waals surface area (Å²) >= 11 is 8.72. The van der Waals surface area contributed by atoms with E-state index >= 15 is 0 Å². The highest BCUT2D eigenvalue weighted by Crippen LogP contribution is 2.60. The van der Waals surface area contributed by atoms with Crippen LogP contribution in [0.5, 0.6) is 11.5 Å². The first-order valence-electron chi connectivity index (χ1n) is 9.00. The van der Waals surface area contributed by atoms with E-state index in [2.05, 4.69) is 55.6 Å². The molecule has 150 valence electrons. The number of esters is 1. The molecule has 0 spiro atoms. The van der Waals surface area contributed by atoms with Crippen LogP contribution < -0.4 is 4.74 Å². The summed E-state index contributed by atoms with van der Waals surface area (Å²) in [4.78, 5) is 12.9. The van der Waals surface area contributed by atoms with Gasteiger partial charge in [0.1, 0.15) is 11.5 Å². The van der Waals surface area contributed by atoms with Crippen molar-refractivity contribution in [3.63, 3.8) is 0 Å². The number of halogens is 3. The normalized spacial score (nSPS) is 19.9. The van der Waals surface area contributed by atoms with Crippen molar-refractivity contribution in [3.8, 4) is 21.3 Å². The second-order valence-corrected chi connectivity index (χ2v) is 10.6. The number of carbonyl (C=O) groups excluding carboxylic acids is 1. The van der Waals surface area contributed by atoms with E-state index in [1.807, 2.05) is 83.3 Å². The van der Waals surface area contributed by atoms with Gasteiger partial charge < -0.3 is 9.47 Å². The molecule has 0 bridgehead atoms. The second-order valence-electron chi connectivity index (χ2n) is 7.32. The molecule has 0 amide bonds. The molecule has 1 aliphatic rings. The smallest absolute Gasteiger partial charge is 0.311 e. The fraction of sp³-hybridized carbons (Fsp3) is 0.261. The molecule has 0 heterocycles. The van der Waals surface area contributed by atoms with Crippen molar-refractivity contribution >= 4 is 60.4 Å². The van der Waals surface area contributed by atoms with Crippen LogP contribution in [-0.4, -0.2) is 5.97 Å². The molecule has 0 unspecified atom stereocenters. The van der Waals surface area contributed by atoms with Crippen molar-refractivity contribution in [3.05, 3.63) is 69.6 Å². The lowest BCUT2D eigenvalue weighted by Gasteiger charge is -2.15. The quantitative estimate of drug-likeness (QED) is 0.190. The molecular weight excluding hydrogens is 611 g/mol. The number of rotatable bonds is 6. The maximum atomic E-state index is 12.9. The highest BCUT2D eigenvalue weighted by molar-refractivity contribution is 14.1. The van der Waals surface area contributed by atoms with Gasteiger partial charge in [-0.3, -0.25) is 4.79 Å². The van der Waals surface area contributed by atoms with Gasteiger partial charge in [0.05, 0.1) is 9.31 Å². The zero-order valence-electron chi connectivity index (χ0n) is 15.9. The molecule has 0 N–H and O–H groups in total. The number of hydrogen-bond acceptors (Lipinski definition) is 3. The SMILES string of the molecule is CC1(C)[C@H](C(=O)O[C@H](C#CI)c2cccc(Oc3ccccc3)c2)[C@@H]1C=C(Br)Br. The molecule has 2 aromatic carbocycles. The number of hydrogen-bond donors (Lipinski definition) is 0. The summed E-state index contributed by atoms with van der Waals surface area (Å²) in [7, 11) is 0.